The molecule has 0 fully saturated rings. The normalized spacial score (nSPS) is 12.5. The van der Waals surface area contributed by atoms with Crippen LogP contribution in [-0.2, 0) is 12.0 Å². The van der Waals surface area contributed by atoms with E-state index in [1.807, 2.05) is 11.6 Å². The molecular formula is C12H22N2O. The number of rotatable bonds is 2. The molecule has 0 radical (unpaired) electrons. The Morgan fingerprint density at radius 1 is 1.33 bits per heavy atom. The van der Waals surface area contributed by atoms with Crippen molar-refractivity contribution in [3.63, 3.8) is 0 Å². The third-order valence-electron chi connectivity index (χ3n) is 2.39. The SMILES string of the molecule is Cc1c(O)c(CC(C)C)nn1C(C)(C)C. The first-order valence-electron chi connectivity index (χ1n) is 5.51. The van der Waals surface area contributed by atoms with Gasteiger partial charge in [-0.3, -0.25) is 4.68 Å². The largest absolute Gasteiger partial charge is 0.504 e. The molecule has 86 valence electrons. The van der Waals surface area contributed by atoms with Crippen molar-refractivity contribution in [3.05, 3.63) is 11.4 Å². The van der Waals surface area contributed by atoms with Crippen molar-refractivity contribution < 1.29 is 5.11 Å². The van der Waals surface area contributed by atoms with Gasteiger partial charge >= 0.3 is 0 Å². The lowest BCUT2D eigenvalue weighted by Crippen LogP contribution is -2.24. The van der Waals surface area contributed by atoms with Crippen LogP contribution in [0.1, 0.15) is 46.0 Å². The highest BCUT2D eigenvalue weighted by Gasteiger charge is 2.22. The van der Waals surface area contributed by atoms with Gasteiger partial charge < -0.3 is 5.11 Å². The predicted molar refractivity (Wildman–Crippen MR) is 62.2 cm³/mol. The van der Waals surface area contributed by atoms with Crippen LogP contribution in [0.5, 0.6) is 5.75 Å². The molecule has 1 aromatic heterocycles. The summed E-state index contributed by atoms with van der Waals surface area (Å²) in [6, 6.07) is 0. The van der Waals surface area contributed by atoms with E-state index in [1.165, 1.54) is 0 Å². The summed E-state index contributed by atoms with van der Waals surface area (Å²) in [5, 5.41) is 14.4. The Kier molecular flexibility index (Phi) is 3.12. The quantitative estimate of drug-likeness (QED) is 0.815. The fourth-order valence-electron chi connectivity index (χ4n) is 1.73. The molecule has 15 heavy (non-hydrogen) atoms. The van der Waals surface area contributed by atoms with Crippen molar-refractivity contribution >= 4 is 0 Å². The molecule has 0 aliphatic carbocycles. The predicted octanol–water partition coefficient (Wildman–Crippen LogP) is 2.85. The van der Waals surface area contributed by atoms with Gasteiger partial charge in [0, 0.05) is 0 Å². The lowest BCUT2D eigenvalue weighted by Gasteiger charge is -2.20. The molecule has 1 aromatic rings. The second-order valence-electron chi connectivity index (χ2n) is 5.56. The smallest absolute Gasteiger partial charge is 0.159 e. The number of hydrogen-bond donors (Lipinski definition) is 1. The van der Waals surface area contributed by atoms with E-state index in [0.717, 1.165) is 17.8 Å². The van der Waals surface area contributed by atoms with E-state index in [1.54, 1.807) is 0 Å². The maximum Gasteiger partial charge on any atom is 0.159 e. The zero-order valence-electron chi connectivity index (χ0n) is 10.6. The van der Waals surface area contributed by atoms with E-state index in [4.69, 9.17) is 0 Å². The maximum absolute atomic E-state index is 9.95. The Balaban J connectivity index is 3.13. The first-order valence-corrected chi connectivity index (χ1v) is 5.51. The average molecular weight is 210 g/mol. The number of aromatic nitrogens is 2. The lowest BCUT2D eigenvalue weighted by atomic mass is 10.1. The van der Waals surface area contributed by atoms with Crippen molar-refractivity contribution in [3.8, 4) is 5.75 Å². The first kappa shape index (κ1) is 12.1. The fraction of sp³-hybridized carbons (Fsp3) is 0.750. The molecule has 0 aliphatic rings. The molecule has 0 aliphatic heterocycles. The zero-order chi connectivity index (χ0) is 11.8. The molecule has 0 amide bonds. The van der Waals surface area contributed by atoms with E-state index < -0.39 is 0 Å². The third-order valence-corrected chi connectivity index (χ3v) is 2.39. The molecule has 0 atom stereocenters. The monoisotopic (exact) mass is 210 g/mol. The summed E-state index contributed by atoms with van der Waals surface area (Å²) >= 11 is 0. The van der Waals surface area contributed by atoms with E-state index in [0.29, 0.717) is 11.7 Å². The second kappa shape index (κ2) is 3.87. The minimum Gasteiger partial charge on any atom is -0.504 e. The van der Waals surface area contributed by atoms with Gasteiger partial charge in [0.25, 0.3) is 0 Å². The summed E-state index contributed by atoms with van der Waals surface area (Å²) in [6.07, 6.45) is 0.829. The maximum atomic E-state index is 9.95. The molecule has 1 heterocycles. The zero-order valence-corrected chi connectivity index (χ0v) is 10.6. The van der Waals surface area contributed by atoms with Crippen molar-refractivity contribution in [2.75, 3.05) is 0 Å². The summed E-state index contributed by atoms with van der Waals surface area (Å²) in [7, 11) is 0. The van der Waals surface area contributed by atoms with E-state index >= 15 is 0 Å². The Morgan fingerprint density at radius 3 is 2.20 bits per heavy atom. The second-order valence-corrected chi connectivity index (χ2v) is 5.56. The van der Waals surface area contributed by atoms with Crippen molar-refractivity contribution in [2.45, 2.75) is 53.5 Å². The molecule has 0 saturated carbocycles. The van der Waals surface area contributed by atoms with Gasteiger partial charge in [-0.05, 0) is 40.0 Å². The van der Waals surface area contributed by atoms with Gasteiger partial charge in [0.1, 0.15) is 5.69 Å². The molecule has 3 heteroatoms. The van der Waals surface area contributed by atoms with Gasteiger partial charge in [0.2, 0.25) is 0 Å². The van der Waals surface area contributed by atoms with E-state index in [-0.39, 0.29) is 5.54 Å². The molecule has 0 aromatic carbocycles. The fourth-order valence-corrected chi connectivity index (χ4v) is 1.73. The summed E-state index contributed by atoms with van der Waals surface area (Å²) in [4.78, 5) is 0. The highest BCUT2D eigenvalue weighted by atomic mass is 16.3. The van der Waals surface area contributed by atoms with Crippen LogP contribution in [0.4, 0.5) is 0 Å². The van der Waals surface area contributed by atoms with Crippen LogP contribution in [0, 0.1) is 12.8 Å². The highest BCUT2D eigenvalue weighted by molar-refractivity contribution is 5.32. The number of nitrogens with zero attached hydrogens (tertiary/aromatic N) is 2. The molecule has 0 spiro atoms. The molecular weight excluding hydrogens is 188 g/mol. The van der Waals surface area contributed by atoms with Crippen LogP contribution in [-0.4, -0.2) is 14.9 Å². The molecule has 0 saturated heterocycles. The minimum absolute atomic E-state index is 0.0726. The van der Waals surface area contributed by atoms with Gasteiger partial charge in [-0.25, -0.2) is 0 Å². The Labute approximate surface area is 92.1 Å². The third kappa shape index (κ3) is 2.52. The van der Waals surface area contributed by atoms with Crippen molar-refractivity contribution in [1.82, 2.24) is 9.78 Å². The van der Waals surface area contributed by atoms with Crippen LogP contribution >= 0.6 is 0 Å². The Morgan fingerprint density at radius 2 is 1.87 bits per heavy atom. The molecule has 3 nitrogen and oxygen atoms in total. The Bertz CT molecular complexity index is 345. The average Bonchev–Trinajstić information content (AvgIpc) is 2.30. The summed E-state index contributed by atoms with van der Waals surface area (Å²) in [5.41, 5.74) is 1.60. The van der Waals surface area contributed by atoms with Gasteiger partial charge in [-0.2, -0.15) is 5.10 Å². The van der Waals surface area contributed by atoms with Crippen LogP contribution in [0.2, 0.25) is 0 Å². The van der Waals surface area contributed by atoms with E-state index in [2.05, 4.69) is 39.7 Å². The highest BCUT2D eigenvalue weighted by Crippen LogP contribution is 2.28. The van der Waals surface area contributed by atoms with Gasteiger partial charge in [0.05, 0.1) is 11.2 Å². The summed E-state index contributed by atoms with van der Waals surface area (Å²) in [6.45, 7) is 12.4. The van der Waals surface area contributed by atoms with Gasteiger partial charge in [-0.1, -0.05) is 13.8 Å². The molecule has 0 unspecified atom stereocenters. The van der Waals surface area contributed by atoms with Crippen LogP contribution in [0.15, 0.2) is 0 Å². The first-order chi connectivity index (χ1) is 6.73. The minimum atomic E-state index is -0.0726. The standard InChI is InChI=1S/C12H22N2O/c1-8(2)7-10-11(15)9(3)14(13-10)12(4,5)6/h8,15H,7H2,1-6H3. The Hall–Kier alpha value is -0.990. The van der Waals surface area contributed by atoms with Crippen molar-refractivity contribution in [2.24, 2.45) is 5.92 Å². The topological polar surface area (TPSA) is 38.1 Å². The molecule has 0 bridgehead atoms. The van der Waals surface area contributed by atoms with E-state index in [9.17, 15) is 5.11 Å². The summed E-state index contributed by atoms with van der Waals surface area (Å²) in [5.74, 6) is 0.872. The number of aromatic hydroxyl groups is 1. The van der Waals surface area contributed by atoms with Crippen LogP contribution in [0.3, 0.4) is 0 Å². The van der Waals surface area contributed by atoms with Crippen LogP contribution in [0.25, 0.3) is 0 Å². The number of hydrogen-bond acceptors (Lipinski definition) is 2. The lowest BCUT2D eigenvalue weighted by molar-refractivity contribution is 0.342. The molecule has 1 N–H and O–H groups in total. The van der Waals surface area contributed by atoms with Crippen LogP contribution < -0.4 is 0 Å². The van der Waals surface area contributed by atoms with Gasteiger partial charge in [-0.15, -0.1) is 0 Å². The van der Waals surface area contributed by atoms with Gasteiger partial charge in [0.15, 0.2) is 5.75 Å². The summed E-state index contributed by atoms with van der Waals surface area (Å²) < 4.78 is 1.90. The molecule has 1 rings (SSSR count). The van der Waals surface area contributed by atoms with Crippen molar-refractivity contribution in [1.29, 1.82) is 0 Å².